The molecule has 0 aliphatic rings. The van der Waals surface area contributed by atoms with Gasteiger partial charge in [-0.2, -0.15) is 5.10 Å². The van der Waals surface area contributed by atoms with Crippen molar-refractivity contribution in [3.8, 4) is 0 Å². The van der Waals surface area contributed by atoms with Crippen molar-refractivity contribution in [2.75, 3.05) is 5.73 Å². The van der Waals surface area contributed by atoms with Crippen LogP contribution in [0.4, 0.5) is 5.82 Å². The Balaban J connectivity index is 0. The summed E-state index contributed by atoms with van der Waals surface area (Å²) in [5.74, 6) is 0.653. The quantitative estimate of drug-likeness (QED) is 0.607. The van der Waals surface area contributed by atoms with Crippen molar-refractivity contribution in [2.24, 2.45) is 0 Å². The first-order valence-electron chi connectivity index (χ1n) is 4.06. The summed E-state index contributed by atoms with van der Waals surface area (Å²) < 4.78 is 0. The number of hydrogen-bond donors (Lipinski definition) is 2. The van der Waals surface area contributed by atoms with Crippen LogP contribution in [0.2, 0.25) is 0 Å². The van der Waals surface area contributed by atoms with Crippen molar-refractivity contribution in [1.29, 1.82) is 0 Å². The zero-order valence-electron chi connectivity index (χ0n) is 8.10. The smallest absolute Gasteiger partial charge is 0.121 e. The van der Waals surface area contributed by atoms with Gasteiger partial charge < -0.3 is 5.73 Å². The number of hydrogen-bond acceptors (Lipinski definition) is 2. The van der Waals surface area contributed by atoms with Gasteiger partial charge in [-0.3, -0.25) is 5.10 Å². The van der Waals surface area contributed by atoms with Gasteiger partial charge in [0.1, 0.15) is 5.82 Å². The second-order valence-electron chi connectivity index (χ2n) is 1.47. The van der Waals surface area contributed by atoms with Gasteiger partial charge in [0.05, 0.1) is 6.20 Å². The average Bonchev–Trinajstić information content (AvgIpc) is 2.44. The van der Waals surface area contributed by atoms with Gasteiger partial charge in [0, 0.05) is 5.56 Å². The summed E-state index contributed by atoms with van der Waals surface area (Å²) in [5.41, 5.74) is 6.32. The lowest BCUT2D eigenvalue weighted by molar-refractivity contribution is 1.10. The highest BCUT2D eigenvalue weighted by atomic mass is 15.1. The third kappa shape index (κ3) is 5.45. The van der Waals surface area contributed by atoms with Crippen molar-refractivity contribution in [3.05, 3.63) is 11.8 Å². The Bertz CT molecular complexity index is 142. The third-order valence-electron chi connectivity index (χ3n) is 0.868. The summed E-state index contributed by atoms with van der Waals surface area (Å²) in [6.07, 6.45) is 1.69. The second-order valence-corrected chi connectivity index (χ2v) is 1.47. The van der Waals surface area contributed by atoms with E-state index in [0.717, 1.165) is 5.56 Å². The van der Waals surface area contributed by atoms with Gasteiger partial charge in [-0.1, -0.05) is 27.7 Å². The molecule has 1 aromatic heterocycles. The first kappa shape index (κ1) is 12.7. The number of nitrogens with zero attached hydrogens (tertiary/aromatic N) is 1. The summed E-state index contributed by atoms with van der Waals surface area (Å²) in [4.78, 5) is 0. The van der Waals surface area contributed by atoms with Crippen molar-refractivity contribution in [2.45, 2.75) is 34.6 Å². The third-order valence-corrected chi connectivity index (χ3v) is 0.868. The molecule has 3 heteroatoms. The molecule has 0 amide bonds. The lowest BCUT2D eigenvalue weighted by atomic mass is 10.4. The molecule has 3 N–H and O–H groups in total. The molecule has 0 unspecified atom stereocenters. The fraction of sp³-hybridized carbons (Fsp3) is 0.625. The number of rotatable bonds is 0. The highest BCUT2D eigenvalue weighted by Gasteiger charge is 1.88. The monoisotopic (exact) mass is 157 g/mol. The number of nitrogen functional groups attached to an aromatic ring is 1. The highest BCUT2D eigenvalue weighted by Crippen LogP contribution is 2.00. The van der Waals surface area contributed by atoms with Crippen molar-refractivity contribution < 1.29 is 0 Å². The van der Waals surface area contributed by atoms with Crippen LogP contribution in [0.25, 0.3) is 0 Å². The highest BCUT2D eigenvalue weighted by molar-refractivity contribution is 5.34. The second kappa shape index (κ2) is 9.01. The number of nitrogens with two attached hydrogens (primary N) is 1. The Labute approximate surface area is 69.0 Å². The molecule has 0 bridgehead atoms. The number of aromatic amines is 1. The van der Waals surface area contributed by atoms with E-state index in [0.29, 0.717) is 5.82 Å². The summed E-state index contributed by atoms with van der Waals surface area (Å²) in [5, 5.41) is 6.27. The molecular weight excluding hydrogens is 138 g/mol. The summed E-state index contributed by atoms with van der Waals surface area (Å²) >= 11 is 0. The van der Waals surface area contributed by atoms with Crippen LogP contribution in [0.15, 0.2) is 6.20 Å². The molecule has 0 atom stereocenters. The van der Waals surface area contributed by atoms with E-state index in [-0.39, 0.29) is 0 Å². The molecule has 1 aromatic rings. The summed E-state index contributed by atoms with van der Waals surface area (Å²) in [6, 6.07) is 0. The number of H-pyrrole nitrogens is 1. The molecule has 0 aromatic carbocycles. The van der Waals surface area contributed by atoms with E-state index in [1.54, 1.807) is 6.20 Å². The van der Waals surface area contributed by atoms with E-state index in [1.165, 1.54) is 0 Å². The minimum atomic E-state index is 0.653. The molecule has 0 saturated carbocycles. The van der Waals surface area contributed by atoms with E-state index in [2.05, 4.69) is 10.2 Å². The first-order valence-corrected chi connectivity index (χ1v) is 4.06. The fourth-order valence-corrected chi connectivity index (χ4v) is 0.356. The maximum absolute atomic E-state index is 5.32. The molecule has 0 spiro atoms. The van der Waals surface area contributed by atoms with Crippen molar-refractivity contribution >= 4 is 5.82 Å². The molecule has 0 saturated heterocycles. The summed E-state index contributed by atoms with van der Waals surface area (Å²) in [7, 11) is 0. The molecule has 0 radical (unpaired) electrons. The average molecular weight is 157 g/mol. The molecule has 1 heterocycles. The molecule has 3 nitrogen and oxygen atoms in total. The molecule has 0 aliphatic carbocycles. The van der Waals surface area contributed by atoms with Crippen LogP contribution in [0, 0.1) is 6.92 Å². The van der Waals surface area contributed by atoms with Gasteiger partial charge in [-0.25, -0.2) is 0 Å². The van der Waals surface area contributed by atoms with Crippen molar-refractivity contribution in [1.82, 2.24) is 10.2 Å². The van der Waals surface area contributed by atoms with E-state index >= 15 is 0 Å². The number of aromatic nitrogens is 2. The SMILES string of the molecule is CC.CC.Cc1cn[nH]c1N. The maximum Gasteiger partial charge on any atom is 0.121 e. The Morgan fingerprint density at radius 1 is 1.27 bits per heavy atom. The number of anilines is 1. The largest absolute Gasteiger partial charge is 0.384 e. The fourth-order valence-electron chi connectivity index (χ4n) is 0.356. The zero-order valence-corrected chi connectivity index (χ0v) is 8.10. The van der Waals surface area contributed by atoms with Crippen LogP contribution >= 0.6 is 0 Å². The summed E-state index contributed by atoms with van der Waals surface area (Å²) in [6.45, 7) is 9.90. The Morgan fingerprint density at radius 3 is 1.82 bits per heavy atom. The topological polar surface area (TPSA) is 54.7 Å². The normalized spacial score (nSPS) is 7.00. The van der Waals surface area contributed by atoms with Crippen LogP contribution in [0.3, 0.4) is 0 Å². The Hall–Kier alpha value is -0.990. The van der Waals surface area contributed by atoms with Gasteiger partial charge in [0.2, 0.25) is 0 Å². The molecule has 66 valence electrons. The Kier molecular flexibility index (Phi) is 10.4. The molecule has 0 aliphatic heterocycles. The van der Waals surface area contributed by atoms with E-state index in [1.807, 2.05) is 34.6 Å². The predicted octanol–water partition coefficient (Wildman–Crippen LogP) is 2.35. The lowest BCUT2D eigenvalue weighted by Gasteiger charge is -1.79. The number of aryl methyl sites for hydroxylation is 1. The van der Waals surface area contributed by atoms with Crippen LogP contribution in [-0.4, -0.2) is 10.2 Å². The van der Waals surface area contributed by atoms with Gasteiger partial charge >= 0.3 is 0 Å². The van der Waals surface area contributed by atoms with E-state index < -0.39 is 0 Å². The first-order chi connectivity index (χ1) is 5.30. The minimum absolute atomic E-state index is 0.653. The molecule has 1 rings (SSSR count). The van der Waals surface area contributed by atoms with Gasteiger partial charge in [-0.15, -0.1) is 0 Å². The zero-order chi connectivity index (χ0) is 9.28. The molecule has 0 fully saturated rings. The molecular formula is C8H19N3. The van der Waals surface area contributed by atoms with E-state index in [4.69, 9.17) is 5.73 Å². The Morgan fingerprint density at radius 2 is 1.73 bits per heavy atom. The van der Waals surface area contributed by atoms with Gasteiger partial charge in [-0.05, 0) is 6.92 Å². The lowest BCUT2D eigenvalue weighted by Crippen LogP contribution is -1.85. The van der Waals surface area contributed by atoms with Gasteiger partial charge in [0.15, 0.2) is 0 Å². The van der Waals surface area contributed by atoms with Crippen molar-refractivity contribution in [3.63, 3.8) is 0 Å². The van der Waals surface area contributed by atoms with Crippen LogP contribution in [0.5, 0.6) is 0 Å². The predicted molar refractivity (Wildman–Crippen MR) is 50.4 cm³/mol. The number of nitrogens with one attached hydrogen (secondary N) is 1. The standard InChI is InChI=1S/C4H7N3.2C2H6/c1-3-2-6-7-4(3)5;2*1-2/h2H,1H3,(H3,5,6,7);2*1-2H3. The van der Waals surface area contributed by atoms with Gasteiger partial charge in [0.25, 0.3) is 0 Å². The van der Waals surface area contributed by atoms with E-state index in [9.17, 15) is 0 Å². The van der Waals surface area contributed by atoms with Crippen LogP contribution in [-0.2, 0) is 0 Å². The van der Waals surface area contributed by atoms with Crippen LogP contribution in [0.1, 0.15) is 33.3 Å². The maximum atomic E-state index is 5.32. The molecule has 11 heavy (non-hydrogen) atoms. The minimum Gasteiger partial charge on any atom is -0.384 e. The van der Waals surface area contributed by atoms with Crippen LogP contribution < -0.4 is 5.73 Å².